The van der Waals surface area contributed by atoms with Gasteiger partial charge in [0.2, 0.25) is 0 Å². The third-order valence-corrected chi connectivity index (χ3v) is 5.28. The van der Waals surface area contributed by atoms with Gasteiger partial charge in [0.25, 0.3) is 5.91 Å². The summed E-state index contributed by atoms with van der Waals surface area (Å²) in [6.45, 7) is 7.26. The third-order valence-electron chi connectivity index (χ3n) is 5.28. The lowest BCUT2D eigenvalue weighted by Crippen LogP contribution is -2.42. The van der Waals surface area contributed by atoms with Crippen LogP contribution in [0.3, 0.4) is 0 Å². The topological polar surface area (TPSA) is 116 Å². The number of carbonyl (C=O) groups is 1. The molecule has 3 aromatic rings. The zero-order valence-electron chi connectivity index (χ0n) is 19.3. The lowest BCUT2D eigenvalue weighted by Gasteiger charge is -2.22. The number of anilines is 1. The number of hydrogen-bond donors (Lipinski definition) is 3. The zero-order chi connectivity index (χ0) is 24.2. The van der Waals surface area contributed by atoms with E-state index in [9.17, 15) is 14.3 Å². The molecule has 174 valence electrons. The van der Waals surface area contributed by atoms with Crippen molar-refractivity contribution >= 4 is 22.6 Å². The van der Waals surface area contributed by atoms with Crippen LogP contribution in [0.25, 0.3) is 16.9 Å². The highest BCUT2D eigenvalue weighted by molar-refractivity contribution is 5.99. The number of nitrogens with one attached hydrogen (secondary N) is 2. The minimum atomic E-state index is -1.61. The maximum Gasteiger partial charge on any atom is 0.255 e. The van der Waals surface area contributed by atoms with Crippen molar-refractivity contribution in [1.29, 1.82) is 5.26 Å². The van der Waals surface area contributed by atoms with Crippen LogP contribution < -0.4 is 10.6 Å². The predicted octanol–water partition coefficient (Wildman–Crippen LogP) is 3.59. The first kappa shape index (κ1) is 24.1. The fraction of sp³-hybridized carbons (Fsp3) is 0.417. The van der Waals surface area contributed by atoms with Crippen LogP contribution in [0.5, 0.6) is 0 Å². The van der Waals surface area contributed by atoms with E-state index >= 15 is 0 Å². The van der Waals surface area contributed by atoms with Gasteiger partial charge in [-0.3, -0.25) is 9.36 Å². The van der Waals surface area contributed by atoms with Gasteiger partial charge in [-0.25, -0.2) is 14.4 Å². The smallest absolute Gasteiger partial charge is 0.255 e. The molecule has 0 aliphatic rings. The first-order chi connectivity index (χ1) is 15.6. The van der Waals surface area contributed by atoms with Crippen LogP contribution in [0.4, 0.5) is 10.1 Å². The first-order valence-electron chi connectivity index (χ1n) is 10.9. The third kappa shape index (κ3) is 5.84. The van der Waals surface area contributed by atoms with E-state index in [4.69, 9.17) is 5.26 Å². The molecule has 0 unspecified atom stereocenters. The van der Waals surface area contributed by atoms with E-state index in [1.807, 2.05) is 6.07 Å². The second kappa shape index (κ2) is 9.96. The summed E-state index contributed by atoms with van der Waals surface area (Å²) >= 11 is 0. The molecule has 0 aromatic carbocycles. The van der Waals surface area contributed by atoms with Crippen molar-refractivity contribution in [2.75, 3.05) is 18.4 Å². The zero-order valence-corrected chi connectivity index (χ0v) is 19.3. The number of hydrogen-bond acceptors (Lipinski definition) is 6. The minimum Gasteiger partial charge on any atom is -0.387 e. The van der Waals surface area contributed by atoms with Gasteiger partial charge in [0.05, 0.1) is 29.0 Å². The lowest BCUT2D eigenvalue weighted by molar-refractivity contribution is -0.00177. The number of aliphatic hydroxyl groups is 1. The second-order valence-corrected chi connectivity index (χ2v) is 8.96. The molecule has 3 N–H and O–H groups in total. The Morgan fingerprint density at radius 2 is 2.06 bits per heavy atom. The molecule has 0 spiro atoms. The molecule has 33 heavy (non-hydrogen) atoms. The summed E-state index contributed by atoms with van der Waals surface area (Å²) in [6.07, 6.45) is 4.03. The summed E-state index contributed by atoms with van der Waals surface area (Å²) in [5, 5.41) is 25.5. The van der Waals surface area contributed by atoms with Crippen molar-refractivity contribution in [3.8, 4) is 11.9 Å². The molecule has 1 atom stereocenters. The Labute approximate surface area is 192 Å². The van der Waals surface area contributed by atoms with Crippen LogP contribution in [-0.2, 0) is 0 Å². The second-order valence-electron chi connectivity index (χ2n) is 8.96. The quantitative estimate of drug-likeness (QED) is 0.457. The number of nitrogens with zero attached hydrogens (tertiary/aromatic N) is 4. The van der Waals surface area contributed by atoms with Crippen LogP contribution in [-0.4, -0.2) is 50.4 Å². The Hall–Kier alpha value is -3.51. The normalized spacial score (nSPS) is 12.5. The molecule has 0 aliphatic heterocycles. The summed E-state index contributed by atoms with van der Waals surface area (Å²) in [6, 6.07) is 7.41. The molecule has 0 bridgehead atoms. The summed E-state index contributed by atoms with van der Waals surface area (Å²) in [5.74, 6) is 0.537. The van der Waals surface area contributed by atoms with E-state index in [-0.39, 0.29) is 12.1 Å². The molecule has 8 nitrogen and oxygen atoms in total. The fourth-order valence-corrected chi connectivity index (χ4v) is 3.20. The Kier molecular flexibility index (Phi) is 7.29. The average Bonchev–Trinajstić information content (AvgIpc) is 3.19. The van der Waals surface area contributed by atoms with Gasteiger partial charge in [-0.2, -0.15) is 5.26 Å². The molecular formula is C24H29FN6O2. The Morgan fingerprint density at radius 1 is 1.30 bits per heavy atom. The number of nitriles is 1. The Morgan fingerprint density at radius 3 is 2.73 bits per heavy atom. The van der Waals surface area contributed by atoms with Gasteiger partial charge in [-0.1, -0.05) is 13.8 Å². The van der Waals surface area contributed by atoms with Gasteiger partial charge < -0.3 is 15.7 Å². The van der Waals surface area contributed by atoms with Gasteiger partial charge in [-0.05, 0) is 38.3 Å². The maximum absolute atomic E-state index is 14.1. The number of aromatic nitrogens is 3. The summed E-state index contributed by atoms with van der Waals surface area (Å²) < 4.78 is 15.9. The molecule has 0 radical (unpaired) electrons. The van der Waals surface area contributed by atoms with Crippen molar-refractivity contribution in [2.24, 2.45) is 5.92 Å². The van der Waals surface area contributed by atoms with Crippen molar-refractivity contribution in [1.82, 2.24) is 19.9 Å². The monoisotopic (exact) mass is 452 g/mol. The molecule has 0 aliphatic carbocycles. The first-order valence-corrected chi connectivity index (χ1v) is 10.9. The number of halogens is 1. The number of rotatable bonds is 9. The van der Waals surface area contributed by atoms with E-state index in [0.717, 1.165) is 11.8 Å². The van der Waals surface area contributed by atoms with Crippen molar-refractivity contribution in [3.05, 3.63) is 47.9 Å². The molecule has 3 heterocycles. The highest BCUT2D eigenvalue weighted by Gasteiger charge is 2.27. The number of amides is 1. The highest BCUT2D eigenvalue weighted by atomic mass is 19.1. The van der Waals surface area contributed by atoms with Crippen LogP contribution >= 0.6 is 0 Å². The van der Waals surface area contributed by atoms with Gasteiger partial charge in [0.15, 0.2) is 0 Å². The minimum absolute atomic E-state index is 0.279. The van der Waals surface area contributed by atoms with E-state index in [2.05, 4.69) is 40.5 Å². The van der Waals surface area contributed by atoms with Crippen LogP contribution in [0.2, 0.25) is 0 Å². The maximum atomic E-state index is 14.1. The van der Waals surface area contributed by atoms with Crippen LogP contribution in [0, 0.1) is 17.2 Å². The van der Waals surface area contributed by atoms with Crippen LogP contribution in [0.1, 0.15) is 50.0 Å². The SMILES string of the molecule is CC(C)CCNc1cc(-n2ccc3cc(C#N)cnc32)ncc1C(=O)NC[C@@H](F)C(C)(C)O. The molecular weight excluding hydrogens is 423 g/mol. The van der Waals surface area contributed by atoms with E-state index in [0.29, 0.717) is 35.2 Å². The molecule has 0 fully saturated rings. The average molecular weight is 453 g/mol. The number of pyridine rings is 2. The van der Waals surface area contributed by atoms with Crippen molar-refractivity contribution in [3.63, 3.8) is 0 Å². The molecule has 0 saturated carbocycles. The predicted molar refractivity (Wildman–Crippen MR) is 125 cm³/mol. The van der Waals surface area contributed by atoms with Gasteiger partial charge in [0, 0.05) is 36.6 Å². The Bertz CT molecular complexity index is 1180. The molecule has 0 saturated heterocycles. The molecule has 9 heteroatoms. The van der Waals surface area contributed by atoms with Gasteiger partial charge in [-0.15, -0.1) is 0 Å². The summed E-state index contributed by atoms with van der Waals surface area (Å²) in [4.78, 5) is 21.6. The van der Waals surface area contributed by atoms with Crippen molar-refractivity contribution < 1.29 is 14.3 Å². The summed E-state index contributed by atoms with van der Waals surface area (Å²) in [5.41, 5.74) is 0.390. The van der Waals surface area contributed by atoms with E-state index in [1.54, 1.807) is 22.9 Å². The fourth-order valence-electron chi connectivity index (χ4n) is 3.20. The number of alkyl halides is 1. The summed E-state index contributed by atoms with van der Waals surface area (Å²) in [7, 11) is 0. The van der Waals surface area contributed by atoms with E-state index in [1.165, 1.54) is 26.2 Å². The van der Waals surface area contributed by atoms with Crippen LogP contribution in [0.15, 0.2) is 36.8 Å². The number of fused-ring (bicyclic) bond motifs is 1. The largest absolute Gasteiger partial charge is 0.387 e. The Balaban J connectivity index is 1.91. The lowest BCUT2D eigenvalue weighted by atomic mass is 10.0. The molecule has 3 aromatic heterocycles. The highest BCUT2D eigenvalue weighted by Crippen LogP contribution is 2.23. The van der Waals surface area contributed by atoms with E-state index < -0.39 is 17.7 Å². The van der Waals surface area contributed by atoms with Crippen molar-refractivity contribution in [2.45, 2.75) is 45.9 Å². The molecule has 3 rings (SSSR count). The molecule has 1 amide bonds. The number of carbonyl (C=O) groups excluding carboxylic acids is 1. The standard InChI is InChI=1S/C24H29FN6O2/c1-15(2)5-7-27-19-10-21(31-8-6-17-9-16(11-26)12-29-22(17)31)28-13-18(19)23(32)30-14-20(25)24(3,4)33/h6,8-10,12-13,15,20,33H,5,7,14H2,1-4H3,(H,27,28)(H,30,32)/t20-/m1/s1. The van der Waals surface area contributed by atoms with Gasteiger partial charge >= 0.3 is 0 Å². The van der Waals surface area contributed by atoms with Gasteiger partial charge in [0.1, 0.15) is 23.7 Å².